The monoisotopic (exact) mass is 249 g/mol. The van der Waals surface area contributed by atoms with Crippen LogP contribution in [0.5, 0.6) is 0 Å². The van der Waals surface area contributed by atoms with Crippen LogP contribution in [0.2, 0.25) is 0 Å². The van der Waals surface area contributed by atoms with E-state index in [0.717, 1.165) is 0 Å². The van der Waals surface area contributed by atoms with Gasteiger partial charge >= 0.3 is 5.91 Å². The third-order valence-corrected chi connectivity index (χ3v) is 2.28. The maximum atomic E-state index is 13.5. The summed E-state index contributed by atoms with van der Waals surface area (Å²) in [4.78, 5) is 16.3. The van der Waals surface area contributed by atoms with E-state index in [4.69, 9.17) is 9.25 Å². The summed E-state index contributed by atoms with van der Waals surface area (Å²) in [5, 5.41) is 0. The average Bonchev–Trinajstić information content (AvgIpc) is 2.86. The maximum Gasteiger partial charge on any atom is 0.310 e. The molecular formula is C13H12FNO3. The zero-order valence-electron chi connectivity index (χ0n) is 9.77. The van der Waals surface area contributed by atoms with Gasteiger partial charge in [0.2, 0.25) is 0 Å². The van der Waals surface area contributed by atoms with Crippen LogP contribution in [0.1, 0.15) is 17.5 Å². The van der Waals surface area contributed by atoms with Gasteiger partial charge in [-0.2, -0.15) is 0 Å². The van der Waals surface area contributed by atoms with Crippen molar-refractivity contribution in [1.29, 1.82) is 0 Å². The predicted octanol–water partition coefficient (Wildman–Crippen LogP) is 2.77. The number of hydrogen-bond acceptors (Lipinski definition) is 3. The number of carbonyl (C=O) groups excluding carboxylic acids is 1. The van der Waals surface area contributed by atoms with Crippen LogP contribution in [-0.2, 0) is 4.84 Å². The van der Waals surface area contributed by atoms with Gasteiger partial charge in [0.25, 0.3) is 0 Å². The minimum atomic E-state index is -0.501. The molecule has 0 aliphatic carbocycles. The van der Waals surface area contributed by atoms with Crippen molar-refractivity contribution in [3.8, 4) is 11.3 Å². The first-order valence-electron chi connectivity index (χ1n) is 5.49. The van der Waals surface area contributed by atoms with E-state index >= 15 is 0 Å². The van der Waals surface area contributed by atoms with E-state index in [0.29, 0.717) is 17.9 Å². The van der Waals surface area contributed by atoms with Crippen LogP contribution in [0.3, 0.4) is 0 Å². The lowest BCUT2D eigenvalue weighted by Crippen LogP contribution is -2.22. The molecule has 0 atom stereocenters. The summed E-state index contributed by atoms with van der Waals surface area (Å²) in [7, 11) is 0. The van der Waals surface area contributed by atoms with E-state index in [1.54, 1.807) is 31.2 Å². The van der Waals surface area contributed by atoms with Gasteiger partial charge in [-0.25, -0.2) is 9.87 Å². The molecule has 2 rings (SSSR count). The normalized spacial score (nSPS) is 10.3. The Morgan fingerprint density at radius 3 is 2.83 bits per heavy atom. The fourth-order valence-electron chi connectivity index (χ4n) is 1.45. The van der Waals surface area contributed by atoms with Gasteiger partial charge in [-0.3, -0.25) is 9.63 Å². The lowest BCUT2D eigenvalue weighted by molar-refractivity contribution is 0.0341. The summed E-state index contributed by atoms with van der Waals surface area (Å²) in [5.41, 5.74) is 2.51. The molecule has 5 heteroatoms. The summed E-state index contributed by atoms with van der Waals surface area (Å²) < 4.78 is 18.8. The highest BCUT2D eigenvalue weighted by molar-refractivity contribution is 5.91. The molecule has 94 valence electrons. The van der Waals surface area contributed by atoms with Crippen LogP contribution in [0.15, 0.2) is 40.8 Å². The third kappa shape index (κ3) is 2.57. The molecule has 0 aliphatic rings. The molecule has 0 saturated heterocycles. The number of halogens is 1. The summed E-state index contributed by atoms with van der Waals surface area (Å²) in [6.07, 6.45) is 0. The molecule has 18 heavy (non-hydrogen) atoms. The lowest BCUT2D eigenvalue weighted by Gasteiger charge is -2.01. The zero-order chi connectivity index (χ0) is 13.0. The van der Waals surface area contributed by atoms with Gasteiger partial charge in [-0.15, -0.1) is 0 Å². The summed E-state index contributed by atoms with van der Waals surface area (Å²) in [5.74, 6) is -0.528. The van der Waals surface area contributed by atoms with Crippen molar-refractivity contribution in [1.82, 2.24) is 5.48 Å². The number of nitrogens with one attached hydrogen (secondary N) is 1. The van der Waals surface area contributed by atoms with Gasteiger partial charge in [0.1, 0.15) is 11.6 Å². The number of amides is 1. The summed E-state index contributed by atoms with van der Waals surface area (Å²) in [6, 6.07) is 9.21. The van der Waals surface area contributed by atoms with E-state index in [9.17, 15) is 9.18 Å². The van der Waals surface area contributed by atoms with Crippen molar-refractivity contribution in [3.05, 3.63) is 48.0 Å². The molecule has 0 aliphatic heterocycles. The molecule has 2 aromatic rings. The highest BCUT2D eigenvalue weighted by Gasteiger charge is 2.13. The Kier molecular flexibility index (Phi) is 3.74. The first-order valence-corrected chi connectivity index (χ1v) is 5.49. The first-order chi connectivity index (χ1) is 8.72. The Hall–Kier alpha value is -2.14. The molecule has 1 aromatic carbocycles. The van der Waals surface area contributed by atoms with Crippen LogP contribution >= 0.6 is 0 Å². The smallest absolute Gasteiger partial charge is 0.310 e. The number of hydroxylamine groups is 1. The second kappa shape index (κ2) is 5.46. The van der Waals surface area contributed by atoms with Gasteiger partial charge in [0.15, 0.2) is 5.76 Å². The molecule has 4 nitrogen and oxygen atoms in total. The van der Waals surface area contributed by atoms with Crippen LogP contribution < -0.4 is 5.48 Å². The van der Waals surface area contributed by atoms with E-state index < -0.39 is 11.7 Å². The van der Waals surface area contributed by atoms with Gasteiger partial charge in [-0.05, 0) is 31.2 Å². The first kappa shape index (κ1) is 12.3. The summed E-state index contributed by atoms with van der Waals surface area (Å²) in [6.45, 7) is 2.10. The number of rotatable bonds is 4. The highest BCUT2D eigenvalue weighted by Crippen LogP contribution is 2.24. The minimum absolute atomic E-state index is 0.0710. The Morgan fingerprint density at radius 2 is 2.11 bits per heavy atom. The third-order valence-electron chi connectivity index (χ3n) is 2.28. The van der Waals surface area contributed by atoms with Crippen molar-refractivity contribution >= 4 is 5.91 Å². The molecule has 0 unspecified atom stereocenters. The summed E-state index contributed by atoms with van der Waals surface area (Å²) >= 11 is 0. The Bertz CT molecular complexity index is 551. The fraction of sp³-hybridized carbons (Fsp3) is 0.154. The van der Waals surface area contributed by atoms with Crippen LogP contribution in [0.25, 0.3) is 11.3 Å². The van der Waals surface area contributed by atoms with Gasteiger partial charge in [-0.1, -0.05) is 12.1 Å². The molecule has 0 saturated carbocycles. The number of carbonyl (C=O) groups is 1. The van der Waals surface area contributed by atoms with Crippen LogP contribution in [-0.4, -0.2) is 12.5 Å². The predicted molar refractivity (Wildman–Crippen MR) is 63.2 cm³/mol. The van der Waals surface area contributed by atoms with Gasteiger partial charge in [0.05, 0.1) is 12.2 Å². The molecular weight excluding hydrogens is 237 g/mol. The molecule has 1 amide bonds. The second-order valence-corrected chi connectivity index (χ2v) is 3.51. The van der Waals surface area contributed by atoms with Crippen LogP contribution in [0, 0.1) is 5.82 Å². The average molecular weight is 249 g/mol. The van der Waals surface area contributed by atoms with Crippen molar-refractivity contribution in [2.75, 3.05) is 6.61 Å². The largest absolute Gasteiger partial charge is 0.451 e. The quantitative estimate of drug-likeness (QED) is 0.847. The number of hydrogen-bond donors (Lipinski definition) is 1. The van der Waals surface area contributed by atoms with Crippen molar-refractivity contribution in [2.24, 2.45) is 0 Å². The molecule has 1 aromatic heterocycles. The maximum absolute atomic E-state index is 13.5. The van der Waals surface area contributed by atoms with Crippen molar-refractivity contribution < 1.29 is 18.4 Å². The molecule has 0 radical (unpaired) electrons. The van der Waals surface area contributed by atoms with Gasteiger partial charge in [0, 0.05) is 0 Å². The molecule has 1 N–H and O–H groups in total. The van der Waals surface area contributed by atoms with E-state index in [2.05, 4.69) is 5.48 Å². The highest BCUT2D eigenvalue weighted by atomic mass is 19.1. The zero-order valence-corrected chi connectivity index (χ0v) is 9.77. The molecule has 1 heterocycles. The topological polar surface area (TPSA) is 51.5 Å². The standard InChI is InChI=1S/C13H12FNO3/c1-2-17-15-13(16)12-8-7-11(18-12)9-5-3-4-6-10(9)14/h3-8H,2H2,1H3,(H,15,16). The van der Waals surface area contributed by atoms with Gasteiger partial charge < -0.3 is 4.42 Å². The molecule has 0 bridgehead atoms. The van der Waals surface area contributed by atoms with Crippen molar-refractivity contribution in [2.45, 2.75) is 6.92 Å². The second-order valence-electron chi connectivity index (χ2n) is 3.51. The lowest BCUT2D eigenvalue weighted by atomic mass is 10.1. The Morgan fingerprint density at radius 1 is 1.33 bits per heavy atom. The van der Waals surface area contributed by atoms with E-state index in [1.807, 2.05) is 0 Å². The fourth-order valence-corrected chi connectivity index (χ4v) is 1.45. The number of benzene rings is 1. The number of furan rings is 1. The molecule has 0 spiro atoms. The van der Waals surface area contributed by atoms with E-state index in [1.165, 1.54) is 12.1 Å². The van der Waals surface area contributed by atoms with Crippen LogP contribution in [0.4, 0.5) is 4.39 Å². The Balaban J connectivity index is 2.21. The minimum Gasteiger partial charge on any atom is -0.451 e. The SMILES string of the molecule is CCONC(=O)c1ccc(-c2ccccc2F)o1. The Labute approximate surface area is 103 Å². The van der Waals surface area contributed by atoms with E-state index in [-0.39, 0.29) is 5.76 Å². The van der Waals surface area contributed by atoms with Crippen molar-refractivity contribution in [3.63, 3.8) is 0 Å². The molecule has 0 fully saturated rings.